The summed E-state index contributed by atoms with van der Waals surface area (Å²) in [7, 11) is 0. The zero-order valence-corrected chi connectivity index (χ0v) is 17.0. The summed E-state index contributed by atoms with van der Waals surface area (Å²) >= 11 is 0. The zero-order valence-electron chi connectivity index (χ0n) is 17.0. The summed E-state index contributed by atoms with van der Waals surface area (Å²) in [6.07, 6.45) is -1.46. The lowest BCUT2D eigenvalue weighted by atomic mass is 9.89. The smallest absolute Gasteiger partial charge is 0.475 e. The van der Waals surface area contributed by atoms with Crippen molar-refractivity contribution in [3.8, 4) is 0 Å². The molecule has 1 aromatic rings. The Labute approximate surface area is 168 Å². The van der Waals surface area contributed by atoms with Crippen molar-refractivity contribution in [3.05, 3.63) is 17.0 Å². The third kappa shape index (κ3) is 6.16. The fourth-order valence-electron chi connectivity index (χ4n) is 3.98. The lowest BCUT2D eigenvalue weighted by Gasteiger charge is -2.44. The molecule has 1 aliphatic heterocycles. The quantitative estimate of drug-likeness (QED) is 0.779. The molecular formula is C19H29F3N2O5. The van der Waals surface area contributed by atoms with Crippen LogP contribution in [0.2, 0.25) is 0 Å². The van der Waals surface area contributed by atoms with Crippen molar-refractivity contribution in [2.75, 3.05) is 32.9 Å². The van der Waals surface area contributed by atoms with Gasteiger partial charge in [-0.3, -0.25) is 4.90 Å². The molecule has 0 aromatic carbocycles. The summed E-state index contributed by atoms with van der Waals surface area (Å²) in [5, 5.41) is 11.2. The number of morpholine rings is 1. The Balaban J connectivity index is 0.000000370. The van der Waals surface area contributed by atoms with Gasteiger partial charge in [-0.1, -0.05) is 11.6 Å². The first kappa shape index (κ1) is 23.6. The van der Waals surface area contributed by atoms with Gasteiger partial charge in [0.25, 0.3) is 0 Å². The molecule has 166 valence electrons. The molecule has 1 aromatic heterocycles. The molecule has 1 spiro atoms. The van der Waals surface area contributed by atoms with E-state index in [1.54, 1.807) is 0 Å². The lowest BCUT2D eigenvalue weighted by Crippen LogP contribution is -2.54. The molecule has 1 aliphatic carbocycles. The maximum absolute atomic E-state index is 10.6. The highest BCUT2D eigenvalue weighted by atomic mass is 19.4. The molecule has 2 heterocycles. The minimum atomic E-state index is -5.08. The number of hydrogen-bond donors (Lipinski definition) is 1. The zero-order chi connectivity index (χ0) is 21.7. The van der Waals surface area contributed by atoms with E-state index in [9.17, 15) is 13.2 Å². The maximum Gasteiger partial charge on any atom is 0.490 e. The SMILES string of the molecule is CCOC[C@@H]1CCC[C@]12CN(Cc1c(C)noc1C)CCO2.O=C(O)C(F)(F)F. The van der Waals surface area contributed by atoms with Crippen LogP contribution in [0.4, 0.5) is 13.2 Å². The Morgan fingerprint density at radius 1 is 1.41 bits per heavy atom. The Morgan fingerprint density at radius 3 is 2.66 bits per heavy atom. The Hall–Kier alpha value is -1.65. The molecule has 1 N–H and O–H groups in total. The number of carboxylic acid groups (broad SMARTS) is 1. The maximum atomic E-state index is 10.6. The number of aliphatic carboxylic acids is 1. The van der Waals surface area contributed by atoms with Crippen molar-refractivity contribution in [3.63, 3.8) is 0 Å². The number of alkyl halides is 3. The van der Waals surface area contributed by atoms with Crippen LogP contribution in [0, 0.1) is 19.8 Å². The van der Waals surface area contributed by atoms with Crippen molar-refractivity contribution < 1.29 is 37.1 Å². The van der Waals surface area contributed by atoms with Crippen LogP contribution in [0.1, 0.15) is 43.2 Å². The van der Waals surface area contributed by atoms with Crippen LogP contribution in [0.5, 0.6) is 0 Å². The largest absolute Gasteiger partial charge is 0.490 e. The predicted octanol–water partition coefficient (Wildman–Crippen LogP) is 3.33. The van der Waals surface area contributed by atoms with Gasteiger partial charge in [-0.25, -0.2) is 4.79 Å². The molecule has 1 saturated heterocycles. The van der Waals surface area contributed by atoms with Crippen molar-refractivity contribution in [1.29, 1.82) is 0 Å². The van der Waals surface area contributed by atoms with Gasteiger partial charge in [-0.15, -0.1) is 0 Å². The van der Waals surface area contributed by atoms with E-state index in [2.05, 4.69) is 17.0 Å². The predicted molar refractivity (Wildman–Crippen MR) is 97.5 cm³/mol. The van der Waals surface area contributed by atoms with Gasteiger partial charge in [0.15, 0.2) is 0 Å². The highest BCUT2D eigenvalue weighted by Gasteiger charge is 2.47. The molecule has 1 saturated carbocycles. The van der Waals surface area contributed by atoms with Gasteiger partial charge < -0.3 is 19.1 Å². The van der Waals surface area contributed by atoms with Crippen LogP contribution < -0.4 is 0 Å². The first-order valence-corrected chi connectivity index (χ1v) is 9.75. The first-order valence-electron chi connectivity index (χ1n) is 9.75. The van der Waals surface area contributed by atoms with Gasteiger partial charge in [0.1, 0.15) is 5.76 Å². The van der Waals surface area contributed by atoms with Gasteiger partial charge in [0.05, 0.1) is 24.5 Å². The molecule has 10 heteroatoms. The normalized spacial score (nSPS) is 25.1. The third-order valence-corrected chi connectivity index (χ3v) is 5.51. The lowest BCUT2D eigenvalue weighted by molar-refractivity contribution is -0.192. The second-order valence-corrected chi connectivity index (χ2v) is 7.48. The highest BCUT2D eigenvalue weighted by molar-refractivity contribution is 5.73. The molecule has 3 rings (SSSR count). The summed E-state index contributed by atoms with van der Waals surface area (Å²) in [4.78, 5) is 11.4. The number of aryl methyl sites for hydroxylation is 2. The van der Waals surface area contributed by atoms with Crippen LogP contribution in [0.3, 0.4) is 0 Å². The molecule has 2 atom stereocenters. The van der Waals surface area contributed by atoms with Gasteiger partial charge in [0, 0.05) is 37.7 Å². The monoisotopic (exact) mass is 422 g/mol. The molecule has 0 bridgehead atoms. The molecule has 7 nitrogen and oxygen atoms in total. The molecule has 0 amide bonds. The fourth-order valence-corrected chi connectivity index (χ4v) is 3.98. The van der Waals surface area contributed by atoms with E-state index in [-0.39, 0.29) is 5.60 Å². The molecule has 0 unspecified atom stereocenters. The second kappa shape index (κ2) is 9.90. The summed E-state index contributed by atoms with van der Waals surface area (Å²) in [6, 6.07) is 0. The summed E-state index contributed by atoms with van der Waals surface area (Å²) < 4.78 is 49.0. The Bertz CT molecular complexity index is 660. The summed E-state index contributed by atoms with van der Waals surface area (Å²) in [6.45, 7) is 11.4. The van der Waals surface area contributed by atoms with E-state index in [0.717, 1.165) is 57.3 Å². The number of nitrogens with zero attached hydrogens (tertiary/aromatic N) is 2. The van der Waals surface area contributed by atoms with Crippen molar-refractivity contribution in [1.82, 2.24) is 10.1 Å². The number of ether oxygens (including phenoxy) is 2. The summed E-state index contributed by atoms with van der Waals surface area (Å²) in [5.41, 5.74) is 2.23. The van der Waals surface area contributed by atoms with Gasteiger partial charge in [0.2, 0.25) is 0 Å². The molecule has 29 heavy (non-hydrogen) atoms. The Morgan fingerprint density at radius 2 is 2.10 bits per heavy atom. The number of carbonyl (C=O) groups is 1. The van der Waals surface area contributed by atoms with E-state index in [4.69, 9.17) is 23.9 Å². The number of halogens is 3. The molecule has 2 fully saturated rings. The van der Waals surface area contributed by atoms with Crippen LogP contribution in [-0.2, 0) is 20.8 Å². The second-order valence-electron chi connectivity index (χ2n) is 7.48. The van der Waals surface area contributed by atoms with Crippen LogP contribution in [0.15, 0.2) is 4.52 Å². The van der Waals surface area contributed by atoms with Gasteiger partial charge in [-0.2, -0.15) is 13.2 Å². The minimum absolute atomic E-state index is 0.00755. The van der Waals surface area contributed by atoms with Crippen molar-refractivity contribution >= 4 is 5.97 Å². The minimum Gasteiger partial charge on any atom is -0.475 e. The topological polar surface area (TPSA) is 85.0 Å². The van der Waals surface area contributed by atoms with E-state index >= 15 is 0 Å². The number of carboxylic acids is 1. The number of rotatable bonds is 5. The van der Waals surface area contributed by atoms with Crippen LogP contribution in [0.25, 0.3) is 0 Å². The Kier molecular flexibility index (Phi) is 8.07. The van der Waals surface area contributed by atoms with Crippen molar-refractivity contribution in [2.24, 2.45) is 5.92 Å². The van der Waals surface area contributed by atoms with E-state index in [1.807, 2.05) is 13.8 Å². The fraction of sp³-hybridized carbons (Fsp3) is 0.789. The van der Waals surface area contributed by atoms with E-state index in [1.165, 1.54) is 18.4 Å². The molecule has 2 aliphatic rings. The van der Waals surface area contributed by atoms with Gasteiger partial charge in [-0.05, 0) is 33.6 Å². The molecular weight excluding hydrogens is 393 g/mol. The molecule has 0 radical (unpaired) electrons. The van der Waals surface area contributed by atoms with Gasteiger partial charge >= 0.3 is 12.1 Å². The number of hydrogen-bond acceptors (Lipinski definition) is 6. The third-order valence-electron chi connectivity index (χ3n) is 5.51. The standard InChI is InChI=1S/C17H28N2O3.C2HF3O2/c1-4-20-11-15-6-5-7-17(15)12-19(8-9-21-17)10-16-13(2)18-22-14(16)3;3-2(4,5)1(6)7/h15H,4-12H2,1-3H3;(H,6,7)/t15-,17-;/m0./s1. The van der Waals surface area contributed by atoms with E-state index in [0.29, 0.717) is 5.92 Å². The van der Waals surface area contributed by atoms with Crippen molar-refractivity contribution in [2.45, 2.75) is 58.4 Å². The highest BCUT2D eigenvalue weighted by Crippen LogP contribution is 2.41. The van der Waals surface area contributed by atoms with Crippen LogP contribution >= 0.6 is 0 Å². The number of aromatic nitrogens is 1. The average Bonchev–Trinajstić information content (AvgIpc) is 3.17. The van der Waals surface area contributed by atoms with Crippen LogP contribution in [-0.4, -0.2) is 65.8 Å². The average molecular weight is 422 g/mol. The first-order chi connectivity index (χ1) is 13.6. The summed E-state index contributed by atoms with van der Waals surface area (Å²) in [5.74, 6) is -1.29. The van der Waals surface area contributed by atoms with E-state index < -0.39 is 12.1 Å².